The third kappa shape index (κ3) is 34.4. The minimum Gasteiger partial charge on any atom is -0.462 e. The van der Waals surface area contributed by atoms with Crippen molar-refractivity contribution in [2.75, 3.05) is 25.6 Å². The number of aliphatic hydroxyl groups is 3. The summed E-state index contributed by atoms with van der Waals surface area (Å²) < 4.78 is 56.7. The predicted octanol–water partition coefficient (Wildman–Crippen LogP) is 10.3. The van der Waals surface area contributed by atoms with Gasteiger partial charge in [-0.1, -0.05) is 154 Å². The number of nitrogens with two attached hydrogens (primary N) is 1. The second-order valence-corrected chi connectivity index (χ2v) is 20.5. The average molecular weight is 1120 g/mol. The maximum Gasteiger partial charge on any atom is 0.481 e. The van der Waals surface area contributed by atoms with Gasteiger partial charge in [-0.15, -0.1) is 0 Å². The van der Waals surface area contributed by atoms with E-state index in [0.29, 0.717) is 38.5 Å². The Bertz CT molecular complexity index is 2340. The van der Waals surface area contributed by atoms with Crippen LogP contribution in [0.3, 0.4) is 0 Å². The molecule has 1 aliphatic rings. The van der Waals surface area contributed by atoms with Crippen molar-refractivity contribution in [3.8, 4) is 0 Å². The lowest BCUT2D eigenvalue weighted by molar-refractivity contribution is -0.161. The number of nitrogen functional groups attached to an aromatic ring is 1. The molecule has 0 saturated carbocycles. The number of aromatic nitrogens is 2. The normalized spacial score (nSPS) is 20.1. The van der Waals surface area contributed by atoms with E-state index < -0.39 is 89.8 Å². The van der Waals surface area contributed by atoms with E-state index in [1.807, 2.05) is 48.6 Å². The van der Waals surface area contributed by atoms with Crippen LogP contribution in [0.1, 0.15) is 129 Å². The zero-order valence-electron chi connectivity index (χ0n) is 44.6. The molecule has 428 valence electrons. The predicted molar refractivity (Wildman–Crippen MR) is 299 cm³/mol. The van der Waals surface area contributed by atoms with Crippen molar-refractivity contribution in [3.05, 3.63) is 156 Å². The van der Waals surface area contributed by atoms with Crippen LogP contribution in [-0.4, -0.2) is 96.9 Å². The number of phosphoric ester groups is 2. The van der Waals surface area contributed by atoms with E-state index in [2.05, 4.69) is 96.1 Å². The lowest BCUT2D eigenvalue weighted by atomic mass is 10.1. The van der Waals surface area contributed by atoms with E-state index in [0.717, 1.165) is 68.6 Å². The maximum atomic E-state index is 12.9. The molecule has 1 fully saturated rings. The van der Waals surface area contributed by atoms with E-state index in [1.54, 1.807) is 12.2 Å². The number of unbranched alkanes of at least 4 members (excludes halogenated alkanes) is 3. The van der Waals surface area contributed by atoms with Gasteiger partial charge < -0.3 is 45.1 Å². The summed E-state index contributed by atoms with van der Waals surface area (Å²) in [4.78, 5) is 62.0. The van der Waals surface area contributed by atoms with Crippen LogP contribution in [0.2, 0.25) is 0 Å². The summed E-state index contributed by atoms with van der Waals surface area (Å²) in [7, 11) is -10.9. The Hall–Kier alpha value is -5.14. The Morgan fingerprint density at radius 1 is 0.688 bits per heavy atom. The topological polar surface area (TPSA) is 286 Å². The van der Waals surface area contributed by atoms with Gasteiger partial charge >= 0.3 is 33.3 Å². The number of allylic oxidation sites excluding steroid dienone is 20. The number of hydrogen-bond donors (Lipinski definition) is 6. The second-order valence-electron chi connectivity index (χ2n) is 17.5. The van der Waals surface area contributed by atoms with Crippen LogP contribution in [-0.2, 0) is 46.3 Å². The highest BCUT2D eigenvalue weighted by molar-refractivity contribution is 7.61. The van der Waals surface area contributed by atoms with Crippen LogP contribution in [0.5, 0.6) is 0 Å². The summed E-state index contributed by atoms with van der Waals surface area (Å²) in [6.45, 7) is 1.74. The first-order chi connectivity index (χ1) is 37.1. The quantitative estimate of drug-likeness (QED) is 0.0117. The van der Waals surface area contributed by atoms with Gasteiger partial charge in [0.2, 0.25) is 0 Å². The van der Waals surface area contributed by atoms with E-state index in [9.17, 15) is 48.6 Å². The van der Waals surface area contributed by atoms with Crippen LogP contribution < -0.4 is 11.4 Å². The molecule has 0 amide bonds. The molecule has 19 nitrogen and oxygen atoms in total. The van der Waals surface area contributed by atoms with Gasteiger partial charge in [0.15, 0.2) is 12.3 Å². The summed E-state index contributed by atoms with van der Waals surface area (Å²) in [5.41, 5.74) is 4.57. The molecule has 77 heavy (non-hydrogen) atoms. The van der Waals surface area contributed by atoms with Crippen LogP contribution in [0, 0.1) is 0 Å². The van der Waals surface area contributed by atoms with Gasteiger partial charge in [0.1, 0.15) is 30.7 Å². The number of nitrogens with zero attached hydrogens (tertiary/aromatic N) is 2. The average Bonchev–Trinajstić information content (AvgIpc) is 3.67. The van der Waals surface area contributed by atoms with Crippen molar-refractivity contribution < 1.29 is 71.4 Å². The van der Waals surface area contributed by atoms with Crippen LogP contribution in [0.15, 0.2) is 151 Å². The summed E-state index contributed by atoms with van der Waals surface area (Å²) in [6.07, 6.45) is 48.5. The number of hydrogen-bond acceptors (Lipinski definition) is 16. The molecule has 7 N–H and O–H groups in total. The molecule has 2 heterocycles. The number of rotatable bonds is 41. The number of carbonyl (C=O) groups is 2. The van der Waals surface area contributed by atoms with Gasteiger partial charge in [-0.25, -0.2) is 13.9 Å². The zero-order chi connectivity index (χ0) is 56.4. The van der Waals surface area contributed by atoms with Crippen LogP contribution >= 0.6 is 15.6 Å². The molecule has 2 rings (SSSR count). The third-order valence-electron chi connectivity index (χ3n) is 10.8. The van der Waals surface area contributed by atoms with Gasteiger partial charge in [-0.05, 0) is 96.0 Å². The van der Waals surface area contributed by atoms with Gasteiger partial charge in [0.05, 0.1) is 19.3 Å². The van der Waals surface area contributed by atoms with Crippen LogP contribution in [0.25, 0.3) is 0 Å². The molecule has 8 atom stereocenters. The highest BCUT2D eigenvalue weighted by Crippen LogP contribution is 2.60. The number of aliphatic hydroxyl groups excluding tert-OH is 3. The molecule has 3 unspecified atom stereocenters. The largest absolute Gasteiger partial charge is 0.481 e. The van der Waals surface area contributed by atoms with E-state index in [4.69, 9.17) is 29.0 Å². The van der Waals surface area contributed by atoms with E-state index in [-0.39, 0.29) is 18.7 Å². The van der Waals surface area contributed by atoms with Crippen LogP contribution in [0.4, 0.5) is 5.82 Å². The molecule has 0 radical (unpaired) electrons. The molecule has 0 bridgehead atoms. The van der Waals surface area contributed by atoms with Gasteiger partial charge in [-0.3, -0.25) is 23.2 Å². The third-order valence-corrected chi connectivity index (χ3v) is 13.4. The van der Waals surface area contributed by atoms with E-state index in [1.165, 1.54) is 6.07 Å². The first kappa shape index (κ1) is 68.0. The monoisotopic (exact) mass is 1120 g/mol. The Kier molecular flexibility index (Phi) is 37.0. The van der Waals surface area contributed by atoms with Gasteiger partial charge in [-0.2, -0.15) is 9.29 Å². The zero-order valence-corrected chi connectivity index (χ0v) is 46.3. The molecular formula is C56H83N3O16P2. The maximum absolute atomic E-state index is 12.9. The lowest BCUT2D eigenvalue weighted by Crippen LogP contribution is -2.36. The van der Waals surface area contributed by atoms with Gasteiger partial charge in [0.25, 0.3) is 0 Å². The number of ether oxygens (including phenoxy) is 3. The molecule has 0 aromatic carbocycles. The lowest BCUT2D eigenvalue weighted by Gasteiger charge is -2.21. The first-order valence-electron chi connectivity index (χ1n) is 26.3. The second kappa shape index (κ2) is 41.9. The van der Waals surface area contributed by atoms with Crippen molar-refractivity contribution in [2.45, 2.75) is 160 Å². The van der Waals surface area contributed by atoms with Crippen molar-refractivity contribution in [1.82, 2.24) is 9.55 Å². The minimum absolute atomic E-state index is 0.0241. The van der Waals surface area contributed by atoms with Crippen molar-refractivity contribution in [3.63, 3.8) is 0 Å². The summed E-state index contributed by atoms with van der Waals surface area (Å²) in [5, 5.41) is 31.0. The minimum atomic E-state index is -5.47. The van der Waals surface area contributed by atoms with Crippen molar-refractivity contribution in [2.24, 2.45) is 0 Å². The summed E-state index contributed by atoms with van der Waals surface area (Å²) in [6, 6.07) is 1.24. The Balaban J connectivity index is 1.86. The number of anilines is 1. The molecule has 0 aliphatic carbocycles. The van der Waals surface area contributed by atoms with Crippen molar-refractivity contribution in [1.29, 1.82) is 0 Å². The van der Waals surface area contributed by atoms with Crippen molar-refractivity contribution >= 4 is 33.4 Å². The Morgan fingerprint density at radius 3 is 1.83 bits per heavy atom. The molecule has 1 aromatic heterocycles. The van der Waals surface area contributed by atoms with E-state index >= 15 is 0 Å². The summed E-state index contributed by atoms with van der Waals surface area (Å²) in [5.74, 6) is -1.49. The SMILES string of the molecule is CC/C=C\C/C=C\C/C=C\C/C=C\C/C=C\CCCCCC(=O)O[C@H](COC(=O)CC/C=C\C/C=C\C/C=C\C=C\C(O)C/C=C\C/C=C\CC)COP(=O)(O)OP(=O)(O)OC[C@H]1O[C@@H](n2ccc(N)nc2=O)[C@H](O)[C@@H]1O. The highest BCUT2D eigenvalue weighted by Gasteiger charge is 2.46. The number of esters is 2. The smallest absolute Gasteiger partial charge is 0.462 e. The molecule has 1 aliphatic heterocycles. The number of carbonyl (C=O) groups excluding carboxylic acids is 2. The molecule has 0 spiro atoms. The Morgan fingerprint density at radius 2 is 1.23 bits per heavy atom. The molecule has 21 heteroatoms. The Labute approximate surface area is 454 Å². The number of phosphoric acid groups is 2. The summed E-state index contributed by atoms with van der Waals surface area (Å²) >= 11 is 0. The molecule has 1 saturated heterocycles. The highest BCUT2D eigenvalue weighted by atomic mass is 31.3. The van der Waals surface area contributed by atoms with Gasteiger partial charge in [0, 0.05) is 19.0 Å². The fourth-order valence-electron chi connectivity index (χ4n) is 6.80. The first-order valence-corrected chi connectivity index (χ1v) is 29.3. The fraction of sp³-hybridized carbons (Fsp3) is 0.500. The standard InChI is InChI=1S/C56H83N3O16P2/c1-3-5-7-9-11-12-13-14-15-16-17-18-19-20-21-26-29-33-37-41-52(62)73-48(44-70-51(61)40-36-32-28-25-23-22-24-27-31-35-39-47(60)38-34-30-10-8-6-4-2)45-71-76(66,67)75-77(68,69)72-46-49-53(63)54(64)55(74-49)59-43-42-50(57)58-56(59)65/h5-8,11-12,14-15,17-18,20-23,27-28,30-32,34-35,39,42-43,47-49,53-55,60,63-64H,3-4,9-10,13,16,19,24-26,29,33,36-38,40-41,44-46H2,1-2H3,(H,66,67)(H,68,69)(H2,57,58,65)/b7-5-,8-6-,12-11-,15-14-,18-17-,21-20-,23-22-,31-27-,32-28-,34-30-,39-35+/t47?,48-,49-,53-,54-,55-/m1/s1. The fourth-order valence-corrected chi connectivity index (χ4v) is 8.91. The molecular weight excluding hydrogens is 1030 g/mol. The molecule has 1 aromatic rings.